The highest BCUT2D eigenvalue weighted by Crippen LogP contribution is 2.28. The summed E-state index contributed by atoms with van der Waals surface area (Å²) in [5.74, 6) is 0. The number of rotatable bonds is 9. The minimum absolute atomic E-state index is 0.0644. The largest absolute Gasteiger partial charge is 0.482 e. The number of nitrogens with zero attached hydrogens (tertiary/aromatic N) is 1. The molecule has 0 aliphatic carbocycles. The van der Waals surface area contributed by atoms with Crippen LogP contribution in [0.1, 0.15) is 33.6 Å². The average molecular weight is 325 g/mol. The molecule has 0 bridgehead atoms. The topological polar surface area (TPSA) is 12.5 Å². The summed E-state index contributed by atoms with van der Waals surface area (Å²) >= 11 is -1.14. The Balaban J connectivity index is 2.23. The van der Waals surface area contributed by atoms with E-state index in [4.69, 9.17) is 3.79 Å². The zero-order chi connectivity index (χ0) is 16.5. The minimum atomic E-state index is -1.14. The number of para-hydroxylation sites is 2. The molecule has 0 aliphatic rings. The Morgan fingerprint density at radius 1 is 0.826 bits per heavy atom. The van der Waals surface area contributed by atoms with E-state index < -0.39 is 14.5 Å². The fraction of sp³-hybridized carbons (Fsp3) is 0.400. The molecule has 0 radical (unpaired) electrons. The molecule has 0 aliphatic heterocycles. The Morgan fingerprint density at radius 2 is 1.26 bits per heavy atom. The van der Waals surface area contributed by atoms with E-state index in [0.717, 1.165) is 0 Å². The first-order valence-corrected chi connectivity index (χ1v) is 10.9. The molecule has 0 amide bonds. The van der Waals surface area contributed by atoms with E-state index >= 15 is 0 Å². The second-order valence-corrected chi connectivity index (χ2v) is 8.65. The molecular weight excluding hydrogens is 297 g/mol. The van der Waals surface area contributed by atoms with Gasteiger partial charge in [-0.2, -0.15) is 0 Å². The van der Waals surface area contributed by atoms with Gasteiger partial charge in [-0.05, 0) is 31.2 Å². The van der Waals surface area contributed by atoms with Crippen LogP contribution in [0.2, 0.25) is 10.6 Å². The number of hydrogen-bond donors (Lipinski definition) is 0. The van der Waals surface area contributed by atoms with Gasteiger partial charge in [0.05, 0.1) is 0 Å². The van der Waals surface area contributed by atoms with Crippen LogP contribution in [-0.2, 0) is 3.79 Å². The van der Waals surface area contributed by atoms with E-state index in [9.17, 15) is 0 Å². The molecule has 3 heteroatoms. The lowest BCUT2D eigenvalue weighted by atomic mass is 10.2. The minimum Gasteiger partial charge on any atom is -0.482 e. The summed E-state index contributed by atoms with van der Waals surface area (Å²) in [6.07, 6.45) is 2.51. The van der Waals surface area contributed by atoms with Crippen LogP contribution >= 0.6 is 0 Å². The fourth-order valence-corrected chi connectivity index (χ4v) is 5.54. The van der Waals surface area contributed by atoms with Crippen molar-refractivity contribution in [1.82, 2.24) is 0 Å². The maximum absolute atomic E-state index is 6.57. The summed E-state index contributed by atoms with van der Waals surface area (Å²) in [6.45, 7) is 6.71. The van der Waals surface area contributed by atoms with Crippen LogP contribution < -0.4 is 4.90 Å². The molecule has 122 valence electrons. The molecule has 2 aromatic carbocycles. The van der Waals surface area contributed by atoms with Gasteiger partial charge in [-0.3, -0.25) is 0 Å². The van der Waals surface area contributed by atoms with Gasteiger partial charge in [0.1, 0.15) is 6.23 Å². The first-order chi connectivity index (χ1) is 11.3. The van der Waals surface area contributed by atoms with E-state index in [-0.39, 0.29) is 6.23 Å². The third-order valence-electron chi connectivity index (χ3n) is 4.04. The van der Waals surface area contributed by atoms with E-state index in [1.807, 2.05) is 0 Å². The van der Waals surface area contributed by atoms with Crippen LogP contribution in [0.3, 0.4) is 0 Å². The second-order valence-electron chi connectivity index (χ2n) is 5.98. The molecular formula is C20H28AlNO. The Morgan fingerprint density at radius 3 is 1.65 bits per heavy atom. The van der Waals surface area contributed by atoms with Crippen molar-refractivity contribution in [3.05, 3.63) is 60.7 Å². The van der Waals surface area contributed by atoms with Crippen LogP contribution in [-0.4, -0.2) is 20.7 Å². The maximum atomic E-state index is 6.57. The van der Waals surface area contributed by atoms with Crippen molar-refractivity contribution >= 4 is 25.9 Å². The summed E-state index contributed by atoms with van der Waals surface area (Å²) in [7, 11) is 0. The molecule has 1 unspecified atom stereocenters. The molecule has 1 atom stereocenters. The molecule has 23 heavy (non-hydrogen) atoms. The Kier molecular flexibility index (Phi) is 7.69. The smallest absolute Gasteiger partial charge is 0.462 e. The zero-order valence-corrected chi connectivity index (χ0v) is 15.8. The normalized spacial score (nSPS) is 12.0. The molecule has 0 heterocycles. The molecule has 0 fully saturated rings. The van der Waals surface area contributed by atoms with Crippen LogP contribution in [0, 0.1) is 0 Å². The van der Waals surface area contributed by atoms with Crippen molar-refractivity contribution in [3.63, 3.8) is 0 Å². The average Bonchev–Trinajstić information content (AvgIpc) is 2.57. The summed E-state index contributed by atoms with van der Waals surface area (Å²) in [5, 5.41) is 2.52. The summed E-state index contributed by atoms with van der Waals surface area (Å²) < 4.78 is 6.57. The van der Waals surface area contributed by atoms with Gasteiger partial charge in [-0.25, -0.2) is 0 Å². The first-order valence-electron chi connectivity index (χ1n) is 8.81. The molecule has 2 rings (SSSR count). The number of anilines is 2. The third-order valence-corrected chi connectivity index (χ3v) is 7.26. The second kappa shape index (κ2) is 9.78. The van der Waals surface area contributed by atoms with Crippen molar-refractivity contribution in [2.75, 3.05) is 4.90 Å². The van der Waals surface area contributed by atoms with Gasteiger partial charge in [0.15, 0.2) is 0 Å². The lowest BCUT2D eigenvalue weighted by Gasteiger charge is -2.34. The monoisotopic (exact) mass is 325 g/mol. The summed E-state index contributed by atoms with van der Waals surface area (Å²) in [6, 6.07) is 21.1. The summed E-state index contributed by atoms with van der Waals surface area (Å²) in [4.78, 5) is 2.31. The van der Waals surface area contributed by atoms with Gasteiger partial charge >= 0.3 is 14.5 Å². The van der Waals surface area contributed by atoms with E-state index in [1.54, 1.807) is 0 Å². The molecule has 0 spiro atoms. The quantitative estimate of drug-likeness (QED) is 0.414. The van der Waals surface area contributed by atoms with Crippen molar-refractivity contribution in [2.45, 2.75) is 50.4 Å². The Bertz CT molecular complexity index is 501. The first kappa shape index (κ1) is 18.1. The predicted molar refractivity (Wildman–Crippen MR) is 102 cm³/mol. The molecule has 2 nitrogen and oxygen atoms in total. The Hall–Kier alpha value is -1.27. The zero-order valence-electron chi connectivity index (χ0n) is 14.6. The number of benzene rings is 2. The van der Waals surface area contributed by atoms with Crippen LogP contribution in [0.4, 0.5) is 11.4 Å². The van der Waals surface area contributed by atoms with Crippen molar-refractivity contribution in [2.24, 2.45) is 0 Å². The molecule has 0 N–H and O–H groups in total. The van der Waals surface area contributed by atoms with Gasteiger partial charge in [-0.15, -0.1) is 0 Å². The fourth-order valence-electron chi connectivity index (χ4n) is 3.01. The van der Waals surface area contributed by atoms with Gasteiger partial charge in [0, 0.05) is 11.4 Å². The summed E-state index contributed by atoms with van der Waals surface area (Å²) in [5.41, 5.74) is 2.37. The van der Waals surface area contributed by atoms with Crippen LogP contribution in [0.5, 0.6) is 0 Å². The molecule has 0 saturated heterocycles. The highest BCUT2D eigenvalue weighted by Gasteiger charge is 2.25. The molecule has 0 aromatic heterocycles. The standard InChI is InChI=1S/C14H14NO.2C3H7.Al/c1-12(16)15(13-8-4-2-5-9-13)14-10-6-3-7-11-14;2*1-3-2;/h2-12H,1H3;2*1,3H2,2H3;/q-1;;;+1. The van der Waals surface area contributed by atoms with Gasteiger partial charge < -0.3 is 8.69 Å². The lowest BCUT2D eigenvalue weighted by molar-refractivity contribution is 0.226. The number of hydrogen-bond acceptors (Lipinski definition) is 2. The van der Waals surface area contributed by atoms with Crippen molar-refractivity contribution in [1.29, 1.82) is 0 Å². The van der Waals surface area contributed by atoms with Crippen LogP contribution in [0.15, 0.2) is 60.7 Å². The SMILES string of the molecule is CC[CH2][Al]([CH2]CC)[O]C(C)N(c1ccccc1)c1ccccc1. The van der Waals surface area contributed by atoms with Crippen molar-refractivity contribution < 1.29 is 3.79 Å². The molecule has 0 saturated carbocycles. The third kappa shape index (κ3) is 5.39. The van der Waals surface area contributed by atoms with E-state index in [1.165, 1.54) is 34.8 Å². The highest BCUT2D eigenvalue weighted by atomic mass is 27.2. The van der Waals surface area contributed by atoms with E-state index in [0.29, 0.717) is 0 Å². The van der Waals surface area contributed by atoms with E-state index in [2.05, 4.69) is 86.3 Å². The maximum Gasteiger partial charge on any atom is 0.462 e. The van der Waals surface area contributed by atoms with Crippen molar-refractivity contribution in [3.8, 4) is 0 Å². The predicted octanol–water partition coefficient (Wildman–Crippen LogP) is 6.00. The van der Waals surface area contributed by atoms with Gasteiger partial charge in [0.25, 0.3) is 0 Å². The van der Waals surface area contributed by atoms with Crippen LogP contribution in [0.25, 0.3) is 0 Å². The molecule has 2 aromatic rings. The highest BCUT2D eigenvalue weighted by molar-refractivity contribution is 6.51. The Labute approximate surface area is 145 Å². The van der Waals surface area contributed by atoms with Gasteiger partial charge in [0.2, 0.25) is 0 Å². The lowest BCUT2D eigenvalue weighted by Crippen LogP contribution is -2.36. The van der Waals surface area contributed by atoms with Gasteiger partial charge in [-0.1, -0.05) is 73.7 Å².